The first-order valence-electron chi connectivity index (χ1n) is 5.33. The molecule has 0 bridgehead atoms. The maximum Gasteiger partial charge on any atom is 0.150 e. The average molecular weight is 328 g/mol. The number of benzene rings is 1. The largest absolute Gasteiger partial charge is 0.372 e. The molecule has 0 saturated carbocycles. The van der Waals surface area contributed by atoms with Gasteiger partial charge in [0.1, 0.15) is 22.4 Å². The highest BCUT2D eigenvalue weighted by Crippen LogP contribution is 2.29. The Labute approximate surface area is 119 Å². The van der Waals surface area contributed by atoms with Gasteiger partial charge in [0.15, 0.2) is 0 Å². The number of nitrogens with zero attached hydrogens (tertiary/aromatic N) is 2. The van der Waals surface area contributed by atoms with Crippen LogP contribution in [-0.4, -0.2) is 17.0 Å². The number of aromatic nitrogens is 2. The molecule has 1 aromatic heterocycles. The standard InChI is InChI=1S/C12H12BrClN4/c1-7-3-4-8(5-9(7)14)18-12-10(13)11(15-2)16-6-17-12/h3-6H,1-2H3,(H2,15,16,17,18). The lowest BCUT2D eigenvalue weighted by atomic mass is 10.2. The summed E-state index contributed by atoms with van der Waals surface area (Å²) in [6.45, 7) is 1.96. The molecule has 0 saturated heterocycles. The Kier molecular flexibility index (Phi) is 4.04. The number of hydrogen-bond donors (Lipinski definition) is 2. The molecule has 4 nitrogen and oxygen atoms in total. The molecule has 0 aliphatic carbocycles. The van der Waals surface area contributed by atoms with Crippen LogP contribution in [0.3, 0.4) is 0 Å². The van der Waals surface area contributed by atoms with E-state index in [-0.39, 0.29) is 0 Å². The monoisotopic (exact) mass is 326 g/mol. The fraction of sp³-hybridized carbons (Fsp3) is 0.167. The second kappa shape index (κ2) is 5.54. The third-order valence-electron chi connectivity index (χ3n) is 2.46. The zero-order valence-corrected chi connectivity index (χ0v) is 12.3. The summed E-state index contributed by atoms with van der Waals surface area (Å²) < 4.78 is 0.782. The molecule has 0 fully saturated rings. The van der Waals surface area contributed by atoms with Crippen molar-refractivity contribution in [3.05, 3.63) is 39.6 Å². The van der Waals surface area contributed by atoms with Crippen molar-refractivity contribution < 1.29 is 0 Å². The smallest absolute Gasteiger partial charge is 0.150 e. The van der Waals surface area contributed by atoms with Gasteiger partial charge in [-0.05, 0) is 40.5 Å². The van der Waals surface area contributed by atoms with Gasteiger partial charge in [0.2, 0.25) is 0 Å². The molecule has 6 heteroatoms. The van der Waals surface area contributed by atoms with Gasteiger partial charge in [0.05, 0.1) is 0 Å². The van der Waals surface area contributed by atoms with Gasteiger partial charge in [-0.1, -0.05) is 17.7 Å². The lowest BCUT2D eigenvalue weighted by molar-refractivity contribution is 1.14. The van der Waals surface area contributed by atoms with E-state index in [1.54, 1.807) is 7.05 Å². The third-order valence-corrected chi connectivity index (χ3v) is 3.62. The molecule has 0 spiro atoms. The fourth-order valence-corrected chi connectivity index (χ4v) is 2.12. The van der Waals surface area contributed by atoms with Gasteiger partial charge < -0.3 is 10.6 Å². The quantitative estimate of drug-likeness (QED) is 0.895. The van der Waals surface area contributed by atoms with E-state index in [9.17, 15) is 0 Å². The van der Waals surface area contributed by atoms with Crippen molar-refractivity contribution in [2.24, 2.45) is 0 Å². The van der Waals surface area contributed by atoms with E-state index in [1.165, 1.54) is 6.33 Å². The molecule has 0 amide bonds. The summed E-state index contributed by atoms with van der Waals surface area (Å²) in [5, 5.41) is 6.89. The van der Waals surface area contributed by atoms with Crippen LogP contribution in [-0.2, 0) is 0 Å². The molecule has 2 aromatic rings. The summed E-state index contributed by atoms with van der Waals surface area (Å²) in [7, 11) is 1.81. The molecule has 0 atom stereocenters. The van der Waals surface area contributed by atoms with E-state index in [1.807, 2.05) is 25.1 Å². The number of nitrogens with one attached hydrogen (secondary N) is 2. The molecule has 0 unspecified atom stereocenters. The highest BCUT2D eigenvalue weighted by molar-refractivity contribution is 9.10. The van der Waals surface area contributed by atoms with E-state index in [2.05, 4.69) is 36.5 Å². The second-order valence-electron chi connectivity index (χ2n) is 3.72. The Bertz CT molecular complexity index is 574. The van der Waals surface area contributed by atoms with Crippen molar-refractivity contribution >= 4 is 44.9 Å². The minimum Gasteiger partial charge on any atom is -0.372 e. The van der Waals surface area contributed by atoms with Crippen LogP contribution < -0.4 is 10.6 Å². The maximum absolute atomic E-state index is 6.08. The van der Waals surface area contributed by atoms with E-state index in [0.717, 1.165) is 26.6 Å². The van der Waals surface area contributed by atoms with Gasteiger partial charge in [0, 0.05) is 17.8 Å². The predicted molar refractivity (Wildman–Crippen MR) is 78.8 cm³/mol. The molecule has 1 heterocycles. The van der Waals surface area contributed by atoms with Crippen molar-refractivity contribution in [1.82, 2.24) is 9.97 Å². The summed E-state index contributed by atoms with van der Waals surface area (Å²) in [5.74, 6) is 1.42. The van der Waals surface area contributed by atoms with E-state index in [4.69, 9.17) is 11.6 Å². The van der Waals surface area contributed by atoms with E-state index in [0.29, 0.717) is 5.82 Å². The number of hydrogen-bond acceptors (Lipinski definition) is 4. The molecule has 0 aliphatic rings. The fourth-order valence-electron chi connectivity index (χ4n) is 1.44. The lowest BCUT2D eigenvalue weighted by Crippen LogP contribution is -2.00. The molecule has 0 radical (unpaired) electrons. The summed E-state index contributed by atoms with van der Waals surface area (Å²) >= 11 is 9.53. The first-order valence-corrected chi connectivity index (χ1v) is 6.50. The Morgan fingerprint density at radius 3 is 2.61 bits per heavy atom. The highest BCUT2D eigenvalue weighted by Gasteiger charge is 2.08. The summed E-state index contributed by atoms with van der Waals surface area (Å²) in [6.07, 6.45) is 1.49. The summed E-state index contributed by atoms with van der Waals surface area (Å²) in [4.78, 5) is 8.28. The van der Waals surface area contributed by atoms with Gasteiger partial charge in [-0.25, -0.2) is 9.97 Å². The van der Waals surface area contributed by atoms with Crippen molar-refractivity contribution in [2.75, 3.05) is 17.7 Å². The maximum atomic E-state index is 6.08. The van der Waals surface area contributed by atoms with Crippen LogP contribution >= 0.6 is 27.5 Å². The van der Waals surface area contributed by atoms with Crippen LogP contribution in [0.25, 0.3) is 0 Å². The van der Waals surface area contributed by atoms with Gasteiger partial charge >= 0.3 is 0 Å². The predicted octanol–water partition coefficient (Wildman–Crippen LogP) is 3.99. The molecule has 94 valence electrons. The van der Waals surface area contributed by atoms with Crippen LogP contribution in [0.5, 0.6) is 0 Å². The van der Waals surface area contributed by atoms with Crippen LogP contribution in [0.1, 0.15) is 5.56 Å². The van der Waals surface area contributed by atoms with Gasteiger partial charge in [-0.2, -0.15) is 0 Å². The van der Waals surface area contributed by atoms with E-state index < -0.39 is 0 Å². The third kappa shape index (κ3) is 2.73. The Morgan fingerprint density at radius 2 is 1.94 bits per heavy atom. The van der Waals surface area contributed by atoms with Crippen LogP contribution in [0.15, 0.2) is 29.0 Å². The molecular formula is C12H12BrClN4. The molecule has 18 heavy (non-hydrogen) atoms. The Morgan fingerprint density at radius 1 is 1.22 bits per heavy atom. The van der Waals surface area contributed by atoms with Crippen molar-refractivity contribution in [2.45, 2.75) is 6.92 Å². The second-order valence-corrected chi connectivity index (χ2v) is 4.92. The number of aryl methyl sites for hydroxylation is 1. The SMILES string of the molecule is CNc1ncnc(Nc2ccc(C)c(Cl)c2)c1Br. The number of halogens is 2. The molecule has 2 N–H and O–H groups in total. The normalized spacial score (nSPS) is 10.2. The van der Waals surface area contributed by atoms with Crippen LogP contribution in [0, 0.1) is 6.92 Å². The molecule has 2 rings (SSSR count). The van der Waals surface area contributed by atoms with Crippen molar-refractivity contribution in [1.29, 1.82) is 0 Å². The Balaban J connectivity index is 2.31. The van der Waals surface area contributed by atoms with Crippen LogP contribution in [0.4, 0.5) is 17.3 Å². The number of anilines is 3. The lowest BCUT2D eigenvalue weighted by Gasteiger charge is -2.10. The van der Waals surface area contributed by atoms with Crippen LogP contribution in [0.2, 0.25) is 5.02 Å². The topological polar surface area (TPSA) is 49.8 Å². The molecule has 0 aliphatic heterocycles. The molecule has 1 aromatic carbocycles. The van der Waals surface area contributed by atoms with Crippen molar-refractivity contribution in [3.8, 4) is 0 Å². The van der Waals surface area contributed by atoms with E-state index >= 15 is 0 Å². The summed E-state index contributed by atoms with van der Waals surface area (Å²) in [6, 6.07) is 5.78. The Hall–Kier alpha value is -1.33. The van der Waals surface area contributed by atoms with Gasteiger partial charge in [0.25, 0.3) is 0 Å². The van der Waals surface area contributed by atoms with Gasteiger partial charge in [-0.15, -0.1) is 0 Å². The van der Waals surface area contributed by atoms with Crippen molar-refractivity contribution in [3.63, 3.8) is 0 Å². The minimum atomic E-state index is 0.689. The number of rotatable bonds is 3. The first kappa shape index (κ1) is 13.1. The van der Waals surface area contributed by atoms with Gasteiger partial charge in [-0.3, -0.25) is 0 Å². The average Bonchev–Trinajstić information content (AvgIpc) is 2.36. The minimum absolute atomic E-state index is 0.689. The highest BCUT2D eigenvalue weighted by atomic mass is 79.9. The summed E-state index contributed by atoms with van der Waals surface area (Å²) in [5.41, 5.74) is 1.92. The zero-order valence-electron chi connectivity index (χ0n) is 9.96. The molecular weight excluding hydrogens is 316 g/mol. The zero-order chi connectivity index (χ0) is 13.1. The first-order chi connectivity index (χ1) is 8.61.